The number of hydrogen-bond acceptors (Lipinski definition) is 3. The van der Waals surface area contributed by atoms with Crippen LogP contribution in [0.1, 0.15) is 47.2 Å². The van der Waals surface area contributed by atoms with Crippen LogP contribution >= 0.6 is 11.6 Å². The second kappa shape index (κ2) is 8.75. The predicted octanol–water partition coefficient (Wildman–Crippen LogP) is 4.94. The maximum Gasteiger partial charge on any atom is 0.416 e. The average Bonchev–Trinajstić information content (AvgIpc) is 3.57. The third kappa shape index (κ3) is 4.76. The van der Waals surface area contributed by atoms with Gasteiger partial charge in [0.05, 0.1) is 21.6 Å². The predicted molar refractivity (Wildman–Crippen MR) is 114 cm³/mol. The van der Waals surface area contributed by atoms with Crippen molar-refractivity contribution in [2.75, 3.05) is 18.5 Å². The number of alkyl halides is 3. The zero-order valence-corrected chi connectivity index (χ0v) is 17.9. The molecular formula is C23H22ClF3N2O3. The van der Waals surface area contributed by atoms with E-state index in [2.05, 4.69) is 10.6 Å². The van der Waals surface area contributed by atoms with Crippen molar-refractivity contribution in [1.29, 1.82) is 0 Å². The lowest BCUT2D eigenvalue weighted by Gasteiger charge is -2.36. The van der Waals surface area contributed by atoms with Gasteiger partial charge in [0.15, 0.2) is 0 Å². The monoisotopic (exact) mass is 466 g/mol. The van der Waals surface area contributed by atoms with Gasteiger partial charge in [-0.1, -0.05) is 29.8 Å². The molecule has 9 heteroatoms. The zero-order chi connectivity index (χ0) is 22.9. The fourth-order valence-corrected chi connectivity index (χ4v) is 4.14. The van der Waals surface area contributed by atoms with Gasteiger partial charge in [-0.15, -0.1) is 0 Å². The molecule has 0 bridgehead atoms. The second-order valence-electron chi connectivity index (χ2n) is 8.17. The number of carbonyl (C=O) groups is 2. The number of ether oxygens (including phenoxy) is 1. The molecule has 2 fully saturated rings. The number of benzene rings is 2. The lowest BCUT2D eigenvalue weighted by molar-refractivity contribution is -0.138. The van der Waals surface area contributed by atoms with Gasteiger partial charge in [-0.25, -0.2) is 0 Å². The quantitative estimate of drug-likeness (QED) is 0.656. The van der Waals surface area contributed by atoms with Crippen molar-refractivity contribution in [3.63, 3.8) is 0 Å². The summed E-state index contributed by atoms with van der Waals surface area (Å²) in [4.78, 5) is 25.6. The molecule has 0 radical (unpaired) electrons. The van der Waals surface area contributed by atoms with Crippen molar-refractivity contribution in [2.24, 2.45) is 0 Å². The molecule has 1 saturated heterocycles. The Morgan fingerprint density at radius 2 is 1.78 bits per heavy atom. The third-order valence-electron chi connectivity index (χ3n) is 5.91. The summed E-state index contributed by atoms with van der Waals surface area (Å²) in [5, 5.41) is 5.81. The Morgan fingerprint density at radius 1 is 1.06 bits per heavy atom. The highest BCUT2D eigenvalue weighted by Gasteiger charge is 2.43. The van der Waals surface area contributed by atoms with Crippen LogP contribution in [0.4, 0.5) is 18.9 Å². The summed E-state index contributed by atoms with van der Waals surface area (Å²) in [5.74, 6) is -0.716. The molecule has 2 aromatic carbocycles. The maximum absolute atomic E-state index is 13.4. The average molecular weight is 467 g/mol. The Hall–Kier alpha value is -2.58. The van der Waals surface area contributed by atoms with Gasteiger partial charge in [0.25, 0.3) is 5.91 Å². The standard InChI is InChI=1S/C23H22ClF3N2O3/c24-19-13-17(6-7-18(19)20(30)28-16-4-5-16)29-21(31)22(8-10-32-11-9-22)14-2-1-3-15(12-14)23(25,26)27/h1-3,6-7,12-13,16H,4-5,8-11H2,(H,28,30)(H,29,31). The SMILES string of the molecule is O=C(NC1CC1)c1ccc(NC(=O)C2(c3cccc(C(F)(F)F)c3)CCOCC2)cc1Cl. The van der Waals surface area contributed by atoms with Crippen molar-refractivity contribution in [1.82, 2.24) is 5.32 Å². The highest BCUT2D eigenvalue weighted by molar-refractivity contribution is 6.34. The van der Waals surface area contributed by atoms with Gasteiger partial charge in [0, 0.05) is 24.9 Å². The number of nitrogens with one attached hydrogen (secondary N) is 2. The molecule has 5 nitrogen and oxygen atoms in total. The van der Waals surface area contributed by atoms with Crippen LogP contribution in [0.5, 0.6) is 0 Å². The van der Waals surface area contributed by atoms with Gasteiger partial charge in [0.1, 0.15) is 0 Å². The highest BCUT2D eigenvalue weighted by Crippen LogP contribution is 2.39. The smallest absolute Gasteiger partial charge is 0.381 e. The van der Waals surface area contributed by atoms with Gasteiger partial charge >= 0.3 is 6.18 Å². The molecule has 32 heavy (non-hydrogen) atoms. The first-order valence-electron chi connectivity index (χ1n) is 10.4. The van der Waals surface area contributed by atoms with Crippen LogP contribution in [0.25, 0.3) is 0 Å². The molecule has 2 aromatic rings. The summed E-state index contributed by atoms with van der Waals surface area (Å²) in [5.41, 5.74) is -1.02. The van der Waals surface area contributed by atoms with E-state index in [0.29, 0.717) is 16.8 Å². The lowest BCUT2D eigenvalue weighted by atomic mass is 9.73. The van der Waals surface area contributed by atoms with Crippen LogP contribution in [0.15, 0.2) is 42.5 Å². The molecule has 1 saturated carbocycles. The van der Waals surface area contributed by atoms with Crippen LogP contribution in [0.3, 0.4) is 0 Å². The van der Waals surface area contributed by atoms with Crippen molar-refractivity contribution in [3.8, 4) is 0 Å². The van der Waals surface area contributed by atoms with Crippen LogP contribution < -0.4 is 10.6 Å². The number of hydrogen-bond donors (Lipinski definition) is 2. The zero-order valence-electron chi connectivity index (χ0n) is 17.1. The van der Waals surface area contributed by atoms with Crippen LogP contribution in [-0.4, -0.2) is 31.1 Å². The second-order valence-corrected chi connectivity index (χ2v) is 8.58. The van der Waals surface area contributed by atoms with E-state index >= 15 is 0 Å². The van der Waals surface area contributed by atoms with Crippen LogP contribution in [0, 0.1) is 0 Å². The molecular weight excluding hydrogens is 445 g/mol. The van der Waals surface area contributed by atoms with E-state index < -0.39 is 23.1 Å². The summed E-state index contributed by atoms with van der Waals surface area (Å²) in [7, 11) is 0. The molecule has 1 aliphatic carbocycles. The molecule has 170 valence electrons. The highest BCUT2D eigenvalue weighted by atomic mass is 35.5. The summed E-state index contributed by atoms with van der Waals surface area (Å²) in [6.45, 7) is 0.509. The first-order valence-corrected chi connectivity index (χ1v) is 10.7. The topological polar surface area (TPSA) is 67.4 Å². The molecule has 2 N–H and O–H groups in total. The summed E-state index contributed by atoms with van der Waals surface area (Å²) >= 11 is 6.26. The van der Waals surface area contributed by atoms with Crippen molar-refractivity contribution in [3.05, 3.63) is 64.2 Å². The lowest BCUT2D eigenvalue weighted by Crippen LogP contribution is -2.45. The van der Waals surface area contributed by atoms with Gasteiger partial charge in [-0.05, 0) is 55.5 Å². The molecule has 0 spiro atoms. The maximum atomic E-state index is 13.4. The minimum Gasteiger partial charge on any atom is -0.381 e. The van der Waals surface area contributed by atoms with E-state index in [9.17, 15) is 22.8 Å². The van der Waals surface area contributed by atoms with E-state index in [0.717, 1.165) is 25.0 Å². The van der Waals surface area contributed by atoms with Crippen molar-refractivity contribution >= 4 is 29.1 Å². The minimum atomic E-state index is -4.51. The minimum absolute atomic E-state index is 0.179. The number of rotatable bonds is 5. The Bertz CT molecular complexity index is 1030. The molecule has 1 aliphatic heterocycles. The number of anilines is 1. The Labute approximate surface area is 188 Å². The third-order valence-corrected chi connectivity index (χ3v) is 6.22. The fourth-order valence-electron chi connectivity index (χ4n) is 3.88. The molecule has 0 atom stereocenters. The molecule has 0 aromatic heterocycles. The van der Waals surface area contributed by atoms with E-state index in [4.69, 9.17) is 16.3 Å². The Morgan fingerprint density at radius 3 is 2.41 bits per heavy atom. The fraction of sp³-hybridized carbons (Fsp3) is 0.391. The van der Waals surface area contributed by atoms with Crippen molar-refractivity contribution in [2.45, 2.75) is 43.3 Å². The van der Waals surface area contributed by atoms with E-state index in [1.54, 1.807) is 12.1 Å². The number of amides is 2. The molecule has 2 amide bonds. The van der Waals surface area contributed by atoms with Gasteiger partial charge in [0.2, 0.25) is 5.91 Å². The summed E-state index contributed by atoms with van der Waals surface area (Å²) in [6.07, 6.45) is -2.13. The van der Waals surface area contributed by atoms with E-state index in [1.807, 2.05) is 0 Å². The molecule has 2 aliphatic rings. The van der Waals surface area contributed by atoms with Gasteiger partial charge in [-0.3, -0.25) is 9.59 Å². The first kappa shape index (κ1) is 22.6. The largest absolute Gasteiger partial charge is 0.416 e. The first-order chi connectivity index (χ1) is 15.2. The number of halogens is 4. The van der Waals surface area contributed by atoms with Gasteiger partial charge < -0.3 is 15.4 Å². The normalized spacial score (nSPS) is 18.1. The molecule has 4 rings (SSSR count). The summed E-state index contributed by atoms with van der Waals surface area (Å²) in [6, 6.07) is 9.61. The number of carbonyl (C=O) groups excluding carboxylic acids is 2. The summed E-state index contributed by atoms with van der Waals surface area (Å²) < 4.78 is 45.2. The van der Waals surface area contributed by atoms with E-state index in [-0.39, 0.29) is 43.0 Å². The van der Waals surface area contributed by atoms with Crippen LogP contribution in [0.2, 0.25) is 5.02 Å². The van der Waals surface area contributed by atoms with Crippen molar-refractivity contribution < 1.29 is 27.5 Å². The van der Waals surface area contributed by atoms with E-state index in [1.165, 1.54) is 18.2 Å². The van der Waals surface area contributed by atoms with Crippen LogP contribution in [-0.2, 0) is 21.1 Å². The van der Waals surface area contributed by atoms with Gasteiger partial charge in [-0.2, -0.15) is 13.2 Å². The Kier molecular flexibility index (Phi) is 6.18. The molecule has 1 heterocycles. The Balaban J connectivity index is 1.59. The molecule has 0 unspecified atom stereocenters.